The fourth-order valence-electron chi connectivity index (χ4n) is 1.70. The van der Waals surface area contributed by atoms with Gasteiger partial charge >= 0.3 is 0 Å². The first-order valence-electron chi connectivity index (χ1n) is 6.12. The van der Waals surface area contributed by atoms with E-state index in [1.54, 1.807) is 6.07 Å². The predicted octanol–water partition coefficient (Wildman–Crippen LogP) is 1.56. The van der Waals surface area contributed by atoms with Gasteiger partial charge in [-0.3, -0.25) is 9.88 Å². The van der Waals surface area contributed by atoms with Crippen LogP contribution in [0, 0.1) is 0 Å². The van der Waals surface area contributed by atoms with Gasteiger partial charge in [-0.15, -0.1) is 0 Å². The van der Waals surface area contributed by atoms with Crippen molar-refractivity contribution in [3.8, 4) is 5.75 Å². The minimum absolute atomic E-state index is 0.226. The Labute approximate surface area is 104 Å². The van der Waals surface area contributed by atoms with Crippen LogP contribution in [-0.2, 0) is 6.54 Å². The van der Waals surface area contributed by atoms with Crippen molar-refractivity contribution in [2.45, 2.75) is 19.9 Å². The summed E-state index contributed by atoms with van der Waals surface area (Å²) in [6.45, 7) is 6.23. The molecular weight excluding hydrogens is 214 g/mol. The molecule has 0 amide bonds. The Kier molecular flexibility index (Phi) is 5.94. The Morgan fingerprint density at radius 2 is 2.00 bits per heavy atom. The molecule has 0 atom stereocenters. The minimum atomic E-state index is 0.226. The summed E-state index contributed by atoms with van der Waals surface area (Å²) < 4.78 is 0. The van der Waals surface area contributed by atoms with Crippen LogP contribution in [0.25, 0.3) is 0 Å². The molecule has 0 aliphatic heterocycles. The molecule has 4 nitrogen and oxygen atoms in total. The SMILES string of the molecule is CCN(CCCN(C)C)Cc1ccc(O)cn1. The maximum atomic E-state index is 9.17. The van der Waals surface area contributed by atoms with Crippen molar-refractivity contribution < 1.29 is 5.11 Å². The molecule has 4 heteroatoms. The average Bonchev–Trinajstić information content (AvgIpc) is 2.30. The lowest BCUT2D eigenvalue weighted by atomic mass is 10.3. The molecular formula is C13H23N3O. The molecule has 0 saturated heterocycles. The van der Waals surface area contributed by atoms with E-state index in [9.17, 15) is 0 Å². The van der Waals surface area contributed by atoms with Crippen LogP contribution in [0.3, 0.4) is 0 Å². The number of pyridine rings is 1. The fourth-order valence-corrected chi connectivity index (χ4v) is 1.70. The summed E-state index contributed by atoms with van der Waals surface area (Å²) in [5.74, 6) is 0.226. The zero-order valence-electron chi connectivity index (χ0n) is 11.1. The predicted molar refractivity (Wildman–Crippen MR) is 70.0 cm³/mol. The first kappa shape index (κ1) is 13.9. The number of aromatic nitrogens is 1. The van der Waals surface area contributed by atoms with E-state index in [4.69, 9.17) is 5.11 Å². The van der Waals surface area contributed by atoms with E-state index in [0.717, 1.165) is 31.9 Å². The molecule has 0 saturated carbocycles. The monoisotopic (exact) mass is 237 g/mol. The highest BCUT2D eigenvalue weighted by Gasteiger charge is 2.04. The molecule has 0 fully saturated rings. The minimum Gasteiger partial charge on any atom is -0.506 e. The Morgan fingerprint density at radius 3 is 2.53 bits per heavy atom. The topological polar surface area (TPSA) is 39.6 Å². The fraction of sp³-hybridized carbons (Fsp3) is 0.615. The lowest BCUT2D eigenvalue weighted by Gasteiger charge is -2.20. The molecule has 1 aromatic rings. The van der Waals surface area contributed by atoms with Gasteiger partial charge in [0.15, 0.2) is 0 Å². The third kappa shape index (κ3) is 5.65. The summed E-state index contributed by atoms with van der Waals surface area (Å²) >= 11 is 0. The molecule has 1 heterocycles. The molecule has 0 aromatic carbocycles. The second kappa shape index (κ2) is 7.25. The summed E-state index contributed by atoms with van der Waals surface area (Å²) in [7, 11) is 4.19. The maximum Gasteiger partial charge on any atom is 0.133 e. The van der Waals surface area contributed by atoms with Crippen LogP contribution in [0.15, 0.2) is 18.3 Å². The van der Waals surface area contributed by atoms with Gasteiger partial charge in [0.2, 0.25) is 0 Å². The van der Waals surface area contributed by atoms with E-state index in [-0.39, 0.29) is 5.75 Å². The van der Waals surface area contributed by atoms with Crippen LogP contribution in [0.5, 0.6) is 5.75 Å². The third-order valence-corrected chi connectivity index (χ3v) is 2.72. The zero-order valence-corrected chi connectivity index (χ0v) is 11.1. The standard InChI is InChI=1S/C13H23N3O/c1-4-16(9-5-8-15(2)3)11-12-6-7-13(17)10-14-12/h6-7,10,17H,4-5,8-9,11H2,1-3H3. The van der Waals surface area contributed by atoms with Crippen LogP contribution in [0.2, 0.25) is 0 Å². The highest BCUT2D eigenvalue weighted by atomic mass is 16.3. The van der Waals surface area contributed by atoms with Crippen molar-refractivity contribution in [1.82, 2.24) is 14.8 Å². The van der Waals surface area contributed by atoms with E-state index in [1.807, 2.05) is 6.07 Å². The van der Waals surface area contributed by atoms with Crippen molar-refractivity contribution in [1.29, 1.82) is 0 Å². The van der Waals surface area contributed by atoms with Gasteiger partial charge in [-0.2, -0.15) is 0 Å². The summed E-state index contributed by atoms with van der Waals surface area (Å²) in [6.07, 6.45) is 2.67. The summed E-state index contributed by atoms with van der Waals surface area (Å²) in [6, 6.07) is 3.57. The average molecular weight is 237 g/mol. The number of hydrogen-bond acceptors (Lipinski definition) is 4. The van der Waals surface area contributed by atoms with E-state index < -0.39 is 0 Å². The van der Waals surface area contributed by atoms with Gasteiger partial charge in [-0.25, -0.2) is 0 Å². The zero-order chi connectivity index (χ0) is 12.7. The maximum absolute atomic E-state index is 9.17. The number of rotatable bonds is 7. The van der Waals surface area contributed by atoms with Gasteiger partial charge in [0.05, 0.1) is 11.9 Å². The van der Waals surface area contributed by atoms with Gasteiger partial charge in [0, 0.05) is 6.54 Å². The highest BCUT2D eigenvalue weighted by Crippen LogP contribution is 2.08. The first-order valence-corrected chi connectivity index (χ1v) is 6.12. The number of aromatic hydroxyl groups is 1. The Hall–Kier alpha value is -1.13. The van der Waals surface area contributed by atoms with Crippen molar-refractivity contribution in [2.75, 3.05) is 33.7 Å². The van der Waals surface area contributed by atoms with Gasteiger partial charge in [-0.05, 0) is 52.3 Å². The lowest BCUT2D eigenvalue weighted by Crippen LogP contribution is -2.27. The number of hydrogen-bond donors (Lipinski definition) is 1. The second-order valence-electron chi connectivity index (χ2n) is 4.53. The molecule has 0 aliphatic rings. The van der Waals surface area contributed by atoms with Crippen molar-refractivity contribution in [2.24, 2.45) is 0 Å². The quantitative estimate of drug-likeness (QED) is 0.781. The van der Waals surface area contributed by atoms with Gasteiger partial charge in [0.25, 0.3) is 0 Å². The molecule has 1 N–H and O–H groups in total. The van der Waals surface area contributed by atoms with Crippen molar-refractivity contribution in [3.63, 3.8) is 0 Å². The van der Waals surface area contributed by atoms with E-state index in [2.05, 4.69) is 35.8 Å². The molecule has 96 valence electrons. The lowest BCUT2D eigenvalue weighted by molar-refractivity contribution is 0.256. The van der Waals surface area contributed by atoms with E-state index >= 15 is 0 Å². The molecule has 0 unspecified atom stereocenters. The van der Waals surface area contributed by atoms with Crippen LogP contribution >= 0.6 is 0 Å². The Bertz CT molecular complexity index is 311. The highest BCUT2D eigenvalue weighted by molar-refractivity contribution is 5.17. The first-order chi connectivity index (χ1) is 8.11. The van der Waals surface area contributed by atoms with Crippen LogP contribution < -0.4 is 0 Å². The molecule has 17 heavy (non-hydrogen) atoms. The molecule has 0 spiro atoms. The second-order valence-corrected chi connectivity index (χ2v) is 4.53. The van der Waals surface area contributed by atoms with E-state index in [1.165, 1.54) is 12.6 Å². The Balaban J connectivity index is 2.38. The van der Waals surface area contributed by atoms with Crippen molar-refractivity contribution >= 4 is 0 Å². The normalized spacial score (nSPS) is 11.4. The smallest absolute Gasteiger partial charge is 0.133 e. The number of nitrogens with zero attached hydrogens (tertiary/aromatic N) is 3. The summed E-state index contributed by atoms with van der Waals surface area (Å²) in [5.41, 5.74) is 1.01. The van der Waals surface area contributed by atoms with Gasteiger partial charge < -0.3 is 10.0 Å². The molecule has 1 aromatic heterocycles. The van der Waals surface area contributed by atoms with Crippen molar-refractivity contribution in [3.05, 3.63) is 24.0 Å². The molecule has 1 rings (SSSR count). The molecule has 0 radical (unpaired) electrons. The van der Waals surface area contributed by atoms with Gasteiger partial charge in [-0.1, -0.05) is 6.92 Å². The third-order valence-electron chi connectivity index (χ3n) is 2.72. The largest absolute Gasteiger partial charge is 0.506 e. The van der Waals surface area contributed by atoms with Crippen LogP contribution in [-0.4, -0.2) is 53.6 Å². The van der Waals surface area contributed by atoms with Crippen LogP contribution in [0.1, 0.15) is 19.0 Å². The van der Waals surface area contributed by atoms with E-state index in [0.29, 0.717) is 0 Å². The van der Waals surface area contributed by atoms with Crippen LogP contribution in [0.4, 0.5) is 0 Å². The Morgan fingerprint density at radius 1 is 1.24 bits per heavy atom. The summed E-state index contributed by atoms with van der Waals surface area (Å²) in [5, 5.41) is 9.17. The van der Waals surface area contributed by atoms with Gasteiger partial charge in [0.1, 0.15) is 5.75 Å². The summed E-state index contributed by atoms with van der Waals surface area (Å²) in [4.78, 5) is 8.77. The molecule has 0 aliphatic carbocycles. The molecule has 0 bridgehead atoms.